The maximum absolute atomic E-state index is 12.3. The zero-order chi connectivity index (χ0) is 23.2. The highest BCUT2D eigenvalue weighted by Gasteiger charge is 2.39. The molecule has 0 atom stereocenters. The third-order valence-corrected chi connectivity index (χ3v) is 9.59. The molecule has 0 aromatic heterocycles. The van der Waals surface area contributed by atoms with Crippen molar-refractivity contribution in [3.63, 3.8) is 0 Å². The Balaban J connectivity index is 1.53. The number of hydrogen-bond donors (Lipinski definition) is 1. The van der Waals surface area contributed by atoms with Crippen LogP contribution in [0.4, 0.5) is 0 Å². The molecule has 0 saturated heterocycles. The van der Waals surface area contributed by atoms with Crippen molar-refractivity contribution in [2.45, 2.75) is 0 Å². The van der Waals surface area contributed by atoms with E-state index in [2.05, 4.69) is 54.3 Å². The molecule has 0 aliphatic rings. The second kappa shape index (κ2) is 9.76. The van der Waals surface area contributed by atoms with Gasteiger partial charge in [0.05, 0.1) is 0 Å². The first-order valence-electron chi connectivity index (χ1n) is 11.3. The zero-order valence-electron chi connectivity index (χ0n) is 18.7. The molecule has 0 bridgehead atoms. The molecule has 0 aliphatic heterocycles. The van der Waals surface area contributed by atoms with E-state index in [1.807, 2.05) is 97.1 Å². The molecule has 2 heteroatoms. The summed E-state index contributed by atoms with van der Waals surface area (Å²) in [6.07, 6.45) is 3.91. The third-order valence-electron chi connectivity index (χ3n) is 6.04. The van der Waals surface area contributed by atoms with Crippen molar-refractivity contribution in [3.05, 3.63) is 145 Å². The molecule has 5 aromatic rings. The maximum atomic E-state index is 12.3. The monoisotopic (exact) mass is 452 g/mol. The van der Waals surface area contributed by atoms with Gasteiger partial charge in [0.1, 0.15) is 0 Å². The smallest absolute Gasteiger partial charge is 0.286 e. The van der Waals surface area contributed by atoms with Gasteiger partial charge in [0.25, 0.3) is 8.32 Å². The molecular formula is C32H24OSi. The van der Waals surface area contributed by atoms with Gasteiger partial charge in [-0.05, 0) is 56.2 Å². The Morgan fingerprint density at radius 1 is 0.588 bits per heavy atom. The van der Waals surface area contributed by atoms with Gasteiger partial charge in [-0.3, -0.25) is 0 Å². The fourth-order valence-corrected chi connectivity index (χ4v) is 7.49. The van der Waals surface area contributed by atoms with Crippen molar-refractivity contribution in [1.82, 2.24) is 0 Å². The molecule has 0 unspecified atom stereocenters. The van der Waals surface area contributed by atoms with Crippen LogP contribution < -0.4 is 15.6 Å². The molecule has 0 amide bonds. The minimum atomic E-state index is -3.20. The third kappa shape index (κ3) is 4.36. The lowest BCUT2D eigenvalue weighted by Gasteiger charge is -2.28. The van der Waals surface area contributed by atoms with E-state index in [4.69, 9.17) is 0 Å². The Hall–Kier alpha value is -4.16. The Morgan fingerprint density at radius 2 is 1.18 bits per heavy atom. The fraction of sp³-hybridized carbons (Fsp3) is 0. The molecule has 34 heavy (non-hydrogen) atoms. The highest BCUT2D eigenvalue weighted by Crippen LogP contribution is 2.16. The van der Waals surface area contributed by atoms with Crippen molar-refractivity contribution in [3.8, 4) is 11.8 Å². The lowest BCUT2D eigenvalue weighted by molar-refractivity contribution is 0.583. The van der Waals surface area contributed by atoms with E-state index >= 15 is 0 Å². The second-order valence-electron chi connectivity index (χ2n) is 8.20. The van der Waals surface area contributed by atoms with E-state index < -0.39 is 8.32 Å². The van der Waals surface area contributed by atoms with Crippen LogP contribution >= 0.6 is 0 Å². The molecule has 0 spiro atoms. The van der Waals surface area contributed by atoms with Crippen LogP contribution in [-0.2, 0) is 0 Å². The highest BCUT2D eigenvalue weighted by molar-refractivity contribution is 7.06. The molecule has 162 valence electrons. The SMILES string of the molecule is O[Si](c1ccccc1)(c1ccccc1)c1ccccc1C#C/C=C/c1ccc2ccccc2c1. The summed E-state index contributed by atoms with van der Waals surface area (Å²) in [7, 11) is -3.20. The van der Waals surface area contributed by atoms with Crippen LogP contribution in [0.15, 0.2) is 133 Å². The molecule has 0 saturated carbocycles. The first kappa shape index (κ1) is 21.7. The van der Waals surface area contributed by atoms with E-state index in [-0.39, 0.29) is 0 Å². The van der Waals surface area contributed by atoms with Crippen molar-refractivity contribution in [2.75, 3.05) is 0 Å². The molecule has 0 heterocycles. The van der Waals surface area contributed by atoms with Crippen LogP contribution in [0.1, 0.15) is 11.1 Å². The Morgan fingerprint density at radius 3 is 1.88 bits per heavy atom. The topological polar surface area (TPSA) is 20.2 Å². The molecular weight excluding hydrogens is 428 g/mol. The molecule has 5 aromatic carbocycles. The van der Waals surface area contributed by atoms with Gasteiger partial charge in [-0.25, -0.2) is 0 Å². The first-order chi connectivity index (χ1) is 16.7. The number of rotatable bonds is 4. The molecule has 0 aliphatic carbocycles. The fourth-order valence-electron chi connectivity index (χ4n) is 4.31. The number of fused-ring (bicyclic) bond motifs is 1. The summed E-state index contributed by atoms with van der Waals surface area (Å²) in [5.74, 6) is 6.50. The normalized spacial score (nSPS) is 11.3. The van der Waals surface area contributed by atoms with E-state index in [9.17, 15) is 4.80 Å². The van der Waals surface area contributed by atoms with Gasteiger partial charge in [0, 0.05) is 5.56 Å². The van der Waals surface area contributed by atoms with Crippen molar-refractivity contribution in [2.24, 2.45) is 0 Å². The van der Waals surface area contributed by atoms with E-state index in [0.29, 0.717) is 0 Å². The number of hydrogen-bond acceptors (Lipinski definition) is 1. The largest absolute Gasteiger partial charge is 0.421 e. The summed E-state index contributed by atoms with van der Waals surface area (Å²) in [5.41, 5.74) is 1.97. The van der Waals surface area contributed by atoms with Crippen LogP contribution in [0.2, 0.25) is 0 Å². The van der Waals surface area contributed by atoms with E-state index in [1.165, 1.54) is 10.8 Å². The highest BCUT2D eigenvalue weighted by atomic mass is 28.4. The standard InChI is InChI=1S/C32H24OSi/c33-34(30-18-3-1-4-19-30,31-20-5-2-6-21-31)32-22-12-11-16-28(32)15-8-7-13-26-23-24-27-14-9-10-17-29(27)25-26/h1-7,9-14,16-25,33H/b13-7+. The second-order valence-corrected chi connectivity index (χ2v) is 11.3. The Labute approximate surface area is 201 Å². The quantitative estimate of drug-likeness (QED) is 0.234. The lowest BCUT2D eigenvalue weighted by atomic mass is 10.1. The van der Waals surface area contributed by atoms with Crippen molar-refractivity contribution in [1.29, 1.82) is 0 Å². The molecule has 0 fully saturated rings. The summed E-state index contributed by atoms with van der Waals surface area (Å²) in [6.45, 7) is 0. The number of benzene rings is 5. The minimum Gasteiger partial charge on any atom is -0.421 e. The van der Waals surface area contributed by atoms with Crippen molar-refractivity contribution < 1.29 is 4.80 Å². The van der Waals surface area contributed by atoms with Crippen LogP contribution in [0.5, 0.6) is 0 Å². The van der Waals surface area contributed by atoms with Crippen LogP contribution in [-0.4, -0.2) is 13.1 Å². The Kier molecular flexibility index (Phi) is 6.22. The summed E-state index contributed by atoms with van der Waals surface area (Å²) >= 11 is 0. The molecule has 1 nitrogen and oxygen atoms in total. The lowest BCUT2D eigenvalue weighted by Crippen LogP contribution is -2.68. The van der Waals surface area contributed by atoms with Crippen molar-refractivity contribution >= 4 is 40.7 Å². The van der Waals surface area contributed by atoms with Crippen LogP contribution in [0.25, 0.3) is 16.8 Å². The van der Waals surface area contributed by atoms with Gasteiger partial charge in [-0.1, -0.05) is 127 Å². The number of allylic oxidation sites excluding steroid dienone is 1. The zero-order valence-corrected chi connectivity index (χ0v) is 19.7. The summed E-state index contributed by atoms with van der Waals surface area (Å²) in [5, 5.41) is 5.23. The molecule has 0 radical (unpaired) electrons. The van der Waals surface area contributed by atoms with Crippen LogP contribution in [0, 0.1) is 11.8 Å². The average molecular weight is 453 g/mol. The molecule has 1 N–H and O–H groups in total. The Bertz CT molecular complexity index is 1470. The van der Waals surface area contributed by atoms with Gasteiger partial charge in [-0.15, -0.1) is 0 Å². The minimum absolute atomic E-state index is 0.854. The van der Waals surface area contributed by atoms with Crippen LogP contribution in [0.3, 0.4) is 0 Å². The predicted molar refractivity (Wildman–Crippen MR) is 146 cm³/mol. The molecule has 5 rings (SSSR count). The average Bonchev–Trinajstić information content (AvgIpc) is 2.92. The first-order valence-corrected chi connectivity index (χ1v) is 13.3. The van der Waals surface area contributed by atoms with Gasteiger partial charge >= 0.3 is 0 Å². The summed E-state index contributed by atoms with van der Waals surface area (Å²) in [6, 6.07) is 42.7. The van der Waals surface area contributed by atoms with Gasteiger partial charge in [0.15, 0.2) is 0 Å². The predicted octanol–water partition coefficient (Wildman–Crippen LogP) is 4.86. The summed E-state index contributed by atoms with van der Waals surface area (Å²) in [4.78, 5) is 12.3. The van der Waals surface area contributed by atoms with E-state index in [1.54, 1.807) is 0 Å². The van der Waals surface area contributed by atoms with Gasteiger partial charge < -0.3 is 4.80 Å². The van der Waals surface area contributed by atoms with E-state index in [0.717, 1.165) is 26.7 Å². The van der Waals surface area contributed by atoms with Gasteiger partial charge in [0.2, 0.25) is 0 Å². The summed E-state index contributed by atoms with van der Waals surface area (Å²) < 4.78 is 0. The maximum Gasteiger partial charge on any atom is 0.286 e. The van der Waals surface area contributed by atoms with Gasteiger partial charge in [-0.2, -0.15) is 0 Å².